The lowest BCUT2D eigenvalue weighted by Crippen LogP contribution is -2.28. The molecule has 0 aliphatic carbocycles. The van der Waals surface area contributed by atoms with Gasteiger partial charge in [-0.3, -0.25) is 0 Å². The van der Waals surface area contributed by atoms with Gasteiger partial charge in [0.05, 0.1) is 0 Å². The smallest absolute Gasteiger partial charge is 0.0468 e. The molecule has 1 atom stereocenters. The molecule has 0 amide bonds. The van der Waals surface area contributed by atoms with Crippen molar-refractivity contribution in [1.29, 1.82) is 0 Å². The number of hydrogen-bond acceptors (Lipinski definition) is 1. The van der Waals surface area contributed by atoms with Crippen molar-refractivity contribution in [2.45, 2.75) is 33.2 Å². The number of benzene rings is 1. The Balaban J connectivity index is 3.06. The van der Waals surface area contributed by atoms with Crippen LogP contribution in [0.25, 0.3) is 0 Å². The highest BCUT2D eigenvalue weighted by Crippen LogP contribution is 2.37. The van der Waals surface area contributed by atoms with Crippen LogP contribution in [0.15, 0.2) is 18.2 Å². The fraction of sp³-hybridized carbons (Fsp3) is 0.500. The van der Waals surface area contributed by atoms with Crippen molar-refractivity contribution >= 4 is 23.2 Å². The summed E-state index contributed by atoms with van der Waals surface area (Å²) >= 11 is 12.0. The van der Waals surface area contributed by atoms with Crippen molar-refractivity contribution in [3.05, 3.63) is 33.8 Å². The molecule has 0 aromatic heterocycles. The Morgan fingerprint density at radius 1 is 1.33 bits per heavy atom. The van der Waals surface area contributed by atoms with Gasteiger partial charge in [-0.15, -0.1) is 0 Å². The molecule has 0 heterocycles. The van der Waals surface area contributed by atoms with Gasteiger partial charge in [-0.2, -0.15) is 0 Å². The molecule has 0 saturated carbocycles. The first-order valence-corrected chi connectivity index (χ1v) is 5.84. The van der Waals surface area contributed by atoms with Crippen molar-refractivity contribution in [1.82, 2.24) is 0 Å². The van der Waals surface area contributed by atoms with Gasteiger partial charge in [-0.1, -0.05) is 50.0 Å². The van der Waals surface area contributed by atoms with Gasteiger partial charge in [-0.25, -0.2) is 0 Å². The SMILES string of the molecule is CCC(C)(C)C(N)c1ccc(Cl)cc1Cl. The number of halogens is 2. The van der Waals surface area contributed by atoms with E-state index in [1.165, 1.54) is 0 Å². The molecule has 1 aromatic carbocycles. The van der Waals surface area contributed by atoms with Gasteiger partial charge in [0.1, 0.15) is 0 Å². The van der Waals surface area contributed by atoms with Gasteiger partial charge in [0.25, 0.3) is 0 Å². The summed E-state index contributed by atoms with van der Waals surface area (Å²) in [6.45, 7) is 6.41. The van der Waals surface area contributed by atoms with Crippen LogP contribution in [-0.2, 0) is 0 Å². The molecule has 0 aliphatic heterocycles. The van der Waals surface area contributed by atoms with Gasteiger partial charge in [0.2, 0.25) is 0 Å². The monoisotopic (exact) mass is 245 g/mol. The second-order valence-corrected chi connectivity index (χ2v) is 5.33. The molecule has 1 rings (SSSR count). The predicted molar refractivity (Wildman–Crippen MR) is 67.5 cm³/mol. The van der Waals surface area contributed by atoms with Crippen LogP contribution in [-0.4, -0.2) is 0 Å². The highest BCUT2D eigenvalue weighted by Gasteiger charge is 2.27. The number of nitrogens with two attached hydrogens (primary N) is 1. The van der Waals surface area contributed by atoms with E-state index in [9.17, 15) is 0 Å². The number of hydrogen-bond donors (Lipinski definition) is 1. The van der Waals surface area contributed by atoms with Crippen LogP contribution in [0.1, 0.15) is 38.8 Å². The van der Waals surface area contributed by atoms with Crippen molar-refractivity contribution in [2.75, 3.05) is 0 Å². The highest BCUT2D eigenvalue weighted by atomic mass is 35.5. The molecule has 0 spiro atoms. The van der Waals surface area contributed by atoms with Crippen LogP contribution < -0.4 is 5.73 Å². The summed E-state index contributed by atoms with van der Waals surface area (Å²) in [5, 5.41) is 1.29. The van der Waals surface area contributed by atoms with Crippen molar-refractivity contribution in [3.8, 4) is 0 Å². The molecule has 0 radical (unpaired) electrons. The lowest BCUT2D eigenvalue weighted by molar-refractivity contribution is 0.278. The molecule has 1 aromatic rings. The summed E-state index contributed by atoms with van der Waals surface area (Å²) in [6, 6.07) is 5.41. The Bertz CT molecular complexity index is 347. The zero-order chi connectivity index (χ0) is 11.6. The molecular formula is C12H17Cl2N. The summed E-state index contributed by atoms with van der Waals surface area (Å²) in [6.07, 6.45) is 1.01. The van der Waals surface area contributed by atoms with Crippen LogP contribution in [0.2, 0.25) is 10.0 Å². The van der Waals surface area contributed by atoms with Crippen molar-refractivity contribution in [3.63, 3.8) is 0 Å². The van der Waals surface area contributed by atoms with E-state index < -0.39 is 0 Å². The van der Waals surface area contributed by atoms with E-state index in [4.69, 9.17) is 28.9 Å². The van der Waals surface area contributed by atoms with Crippen LogP contribution in [0.4, 0.5) is 0 Å². The minimum absolute atomic E-state index is 0.0392. The summed E-state index contributed by atoms with van der Waals surface area (Å²) in [5.41, 5.74) is 7.21. The molecular weight excluding hydrogens is 229 g/mol. The third-order valence-electron chi connectivity index (χ3n) is 3.05. The minimum atomic E-state index is -0.0627. The first-order chi connectivity index (χ1) is 6.88. The predicted octanol–water partition coefficient (Wildman–Crippen LogP) is 4.43. The second-order valence-electron chi connectivity index (χ2n) is 4.49. The quantitative estimate of drug-likeness (QED) is 0.838. The normalized spacial score (nSPS) is 14.0. The van der Waals surface area contributed by atoms with E-state index in [-0.39, 0.29) is 11.5 Å². The van der Waals surface area contributed by atoms with E-state index in [1.54, 1.807) is 6.07 Å². The van der Waals surface area contributed by atoms with Crippen LogP contribution >= 0.6 is 23.2 Å². The zero-order valence-corrected chi connectivity index (χ0v) is 10.9. The Morgan fingerprint density at radius 3 is 2.40 bits per heavy atom. The van der Waals surface area contributed by atoms with Gasteiger partial charge >= 0.3 is 0 Å². The summed E-state index contributed by atoms with van der Waals surface area (Å²) in [4.78, 5) is 0. The fourth-order valence-corrected chi connectivity index (χ4v) is 1.92. The minimum Gasteiger partial charge on any atom is -0.323 e. The van der Waals surface area contributed by atoms with Crippen LogP contribution in [0.5, 0.6) is 0 Å². The third kappa shape index (κ3) is 2.87. The highest BCUT2D eigenvalue weighted by molar-refractivity contribution is 6.35. The molecule has 2 N–H and O–H groups in total. The van der Waals surface area contributed by atoms with E-state index >= 15 is 0 Å². The Kier molecular flexibility index (Phi) is 4.05. The van der Waals surface area contributed by atoms with E-state index in [0.717, 1.165) is 12.0 Å². The summed E-state index contributed by atoms with van der Waals surface area (Å²) in [7, 11) is 0. The largest absolute Gasteiger partial charge is 0.323 e. The first kappa shape index (κ1) is 12.8. The van der Waals surface area contributed by atoms with Gasteiger partial charge in [0, 0.05) is 16.1 Å². The molecule has 3 heteroatoms. The van der Waals surface area contributed by atoms with Gasteiger partial charge in [-0.05, 0) is 29.5 Å². The maximum Gasteiger partial charge on any atom is 0.0468 e. The van der Waals surface area contributed by atoms with Gasteiger partial charge in [0.15, 0.2) is 0 Å². The van der Waals surface area contributed by atoms with Crippen LogP contribution in [0.3, 0.4) is 0 Å². The average molecular weight is 246 g/mol. The van der Waals surface area contributed by atoms with Crippen LogP contribution in [0, 0.1) is 5.41 Å². The van der Waals surface area contributed by atoms with Gasteiger partial charge < -0.3 is 5.73 Å². The molecule has 0 aliphatic rings. The fourth-order valence-electron chi connectivity index (χ4n) is 1.39. The number of rotatable bonds is 3. The zero-order valence-electron chi connectivity index (χ0n) is 9.35. The van der Waals surface area contributed by atoms with E-state index in [1.807, 2.05) is 12.1 Å². The standard InChI is InChI=1S/C12H17Cl2N/c1-4-12(2,3)11(15)9-6-5-8(13)7-10(9)14/h5-7,11H,4,15H2,1-3H3. The van der Waals surface area contributed by atoms with E-state index in [2.05, 4.69) is 20.8 Å². The summed E-state index contributed by atoms with van der Waals surface area (Å²) in [5.74, 6) is 0. The second kappa shape index (κ2) is 4.73. The Hall–Kier alpha value is -0.240. The molecule has 1 nitrogen and oxygen atoms in total. The van der Waals surface area contributed by atoms with Crippen molar-refractivity contribution < 1.29 is 0 Å². The van der Waals surface area contributed by atoms with E-state index in [0.29, 0.717) is 10.0 Å². The molecule has 0 saturated heterocycles. The average Bonchev–Trinajstić information content (AvgIpc) is 2.17. The molecule has 84 valence electrons. The lowest BCUT2D eigenvalue weighted by atomic mass is 9.79. The summed E-state index contributed by atoms with van der Waals surface area (Å²) < 4.78 is 0. The maximum atomic E-state index is 6.21. The third-order valence-corrected chi connectivity index (χ3v) is 3.61. The molecule has 0 fully saturated rings. The molecule has 0 bridgehead atoms. The lowest BCUT2D eigenvalue weighted by Gasteiger charge is -2.31. The first-order valence-electron chi connectivity index (χ1n) is 5.09. The maximum absolute atomic E-state index is 6.21. The molecule has 1 unspecified atom stereocenters. The Labute approximate surface area is 102 Å². The topological polar surface area (TPSA) is 26.0 Å². The van der Waals surface area contributed by atoms with Crippen molar-refractivity contribution in [2.24, 2.45) is 11.1 Å². The Morgan fingerprint density at radius 2 is 1.93 bits per heavy atom. The molecule has 15 heavy (non-hydrogen) atoms.